The van der Waals surface area contributed by atoms with E-state index in [1.165, 1.54) is 0 Å². The largest absolute Gasteiger partial charge is 0.478 e. The fourth-order valence-corrected chi connectivity index (χ4v) is 4.97. The third kappa shape index (κ3) is 4.97. The molecule has 0 bridgehead atoms. The van der Waals surface area contributed by atoms with Gasteiger partial charge in [-0.15, -0.1) is 0 Å². The molecule has 1 atom stereocenters. The van der Waals surface area contributed by atoms with Crippen molar-refractivity contribution in [3.8, 4) is 0 Å². The van der Waals surface area contributed by atoms with Crippen LogP contribution in [0.25, 0.3) is 0 Å². The van der Waals surface area contributed by atoms with Crippen molar-refractivity contribution in [2.45, 2.75) is 50.0 Å². The molecule has 1 fully saturated rings. The molecule has 6 nitrogen and oxygen atoms in total. The first-order chi connectivity index (χ1) is 13.8. The number of carboxylic acid groups (broad SMARTS) is 1. The predicted octanol–water partition coefficient (Wildman–Crippen LogP) is 3.85. The molecule has 0 saturated carbocycles. The van der Waals surface area contributed by atoms with Gasteiger partial charge >= 0.3 is 5.97 Å². The lowest BCUT2D eigenvalue weighted by Gasteiger charge is -2.34. The van der Waals surface area contributed by atoms with Gasteiger partial charge in [0.05, 0.1) is 16.1 Å². The van der Waals surface area contributed by atoms with E-state index in [1.807, 2.05) is 23.1 Å². The van der Waals surface area contributed by atoms with E-state index in [1.54, 1.807) is 30.3 Å². The number of benzene rings is 2. The normalized spacial score (nSPS) is 16.6. The molecule has 0 spiro atoms. The Morgan fingerprint density at radius 1 is 1.14 bits per heavy atom. The van der Waals surface area contributed by atoms with Gasteiger partial charge < -0.3 is 10.0 Å². The highest BCUT2D eigenvalue weighted by atomic mass is 32.2. The standard InChI is InChI=1S/C22H28N2O4S/c1-3-16(2)17-8-10-19(11-9-17)29(27,28)23-18-12-14-24(15-13-18)21-7-5-4-6-20(21)22(25)26/h4-11,16,18,23H,3,12-15H2,1-2H3,(H,25,26). The maximum Gasteiger partial charge on any atom is 0.337 e. The zero-order valence-electron chi connectivity index (χ0n) is 16.8. The summed E-state index contributed by atoms with van der Waals surface area (Å²) in [4.78, 5) is 13.7. The summed E-state index contributed by atoms with van der Waals surface area (Å²) in [6, 6.07) is 13.9. The number of aromatic carboxylic acids is 1. The number of rotatable bonds is 7. The minimum absolute atomic E-state index is 0.164. The number of hydrogen-bond acceptors (Lipinski definition) is 4. The molecule has 29 heavy (non-hydrogen) atoms. The Kier molecular flexibility index (Phi) is 6.59. The lowest BCUT2D eigenvalue weighted by Crippen LogP contribution is -2.45. The van der Waals surface area contributed by atoms with Crippen LogP contribution in [-0.4, -0.2) is 38.6 Å². The van der Waals surface area contributed by atoms with Crippen LogP contribution in [0.4, 0.5) is 5.69 Å². The van der Waals surface area contributed by atoms with E-state index < -0.39 is 16.0 Å². The first kappa shape index (κ1) is 21.3. The summed E-state index contributed by atoms with van der Waals surface area (Å²) >= 11 is 0. The first-order valence-electron chi connectivity index (χ1n) is 10.0. The average Bonchev–Trinajstić information content (AvgIpc) is 2.73. The molecule has 2 N–H and O–H groups in total. The number of nitrogens with one attached hydrogen (secondary N) is 1. The second-order valence-corrected chi connectivity index (χ2v) is 9.30. The van der Waals surface area contributed by atoms with Crippen LogP contribution < -0.4 is 9.62 Å². The van der Waals surface area contributed by atoms with Gasteiger partial charge in [0.1, 0.15) is 0 Å². The van der Waals surface area contributed by atoms with Crippen LogP contribution in [0, 0.1) is 0 Å². The minimum atomic E-state index is -3.58. The topological polar surface area (TPSA) is 86.7 Å². The lowest BCUT2D eigenvalue weighted by molar-refractivity contribution is 0.0697. The van der Waals surface area contributed by atoms with E-state index in [0.29, 0.717) is 37.5 Å². The monoisotopic (exact) mass is 416 g/mol. The van der Waals surface area contributed by atoms with Crippen molar-refractivity contribution in [3.63, 3.8) is 0 Å². The molecular weight excluding hydrogens is 388 g/mol. The lowest BCUT2D eigenvalue weighted by atomic mass is 9.99. The Labute approximate surface area is 172 Å². The Morgan fingerprint density at radius 2 is 1.76 bits per heavy atom. The van der Waals surface area contributed by atoms with Gasteiger partial charge in [0, 0.05) is 19.1 Å². The van der Waals surface area contributed by atoms with Crippen molar-refractivity contribution < 1.29 is 18.3 Å². The second kappa shape index (κ2) is 8.97. The fraction of sp³-hybridized carbons (Fsp3) is 0.409. The summed E-state index contributed by atoms with van der Waals surface area (Å²) < 4.78 is 28.3. The number of sulfonamides is 1. The molecule has 0 aromatic heterocycles. The van der Waals surface area contributed by atoms with Gasteiger partial charge in [-0.05, 0) is 55.0 Å². The molecule has 3 rings (SSSR count). The third-order valence-corrected chi connectivity index (χ3v) is 7.20. The molecule has 1 aliphatic heterocycles. The number of carboxylic acids is 1. The number of piperidine rings is 1. The summed E-state index contributed by atoms with van der Waals surface area (Å²) in [5.41, 5.74) is 2.09. The summed E-state index contributed by atoms with van der Waals surface area (Å²) in [7, 11) is -3.58. The van der Waals surface area contributed by atoms with Crippen LogP contribution in [0.15, 0.2) is 53.4 Å². The van der Waals surface area contributed by atoms with Gasteiger partial charge in [0.15, 0.2) is 0 Å². The van der Waals surface area contributed by atoms with Crippen LogP contribution >= 0.6 is 0 Å². The third-order valence-electron chi connectivity index (χ3n) is 5.66. The number of anilines is 1. The van der Waals surface area contributed by atoms with E-state index in [2.05, 4.69) is 18.6 Å². The Hall–Kier alpha value is -2.38. The van der Waals surface area contributed by atoms with Crippen molar-refractivity contribution >= 4 is 21.7 Å². The van der Waals surface area contributed by atoms with Gasteiger partial charge in [-0.2, -0.15) is 0 Å². The number of hydrogen-bond donors (Lipinski definition) is 2. The molecule has 1 aliphatic rings. The number of para-hydroxylation sites is 1. The SMILES string of the molecule is CCC(C)c1ccc(S(=O)(=O)NC2CCN(c3ccccc3C(=O)O)CC2)cc1. The van der Waals surface area contributed by atoms with E-state index in [0.717, 1.165) is 12.0 Å². The number of nitrogens with zero attached hydrogens (tertiary/aromatic N) is 1. The van der Waals surface area contributed by atoms with Gasteiger partial charge in [0.25, 0.3) is 0 Å². The highest BCUT2D eigenvalue weighted by molar-refractivity contribution is 7.89. The van der Waals surface area contributed by atoms with Gasteiger partial charge in [-0.25, -0.2) is 17.9 Å². The first-order valence-corrected chi connectivity index (χ1v) is 11.5. The second-order valence-electron chi connectivity index (χ2n) is 7.58. The maximum atomic E-state index is 12.7. The molecule has 1 saturated heterocycles. The fourth-order valence-electron chi connectivity index (χ4n) is 3.67. The van der Waals surface area contributed by atoms with Crippen molar-refractivity contribution in [3.05, 3.63) is 59.7 Å². The summed E-state index contributed by atoms with van der Waals surface area (Å²) in [5, 5.41) is 9.38. The van der Waals surface area contributed by atoms with Crippen LogP contribution in [-0.2, 0) is 10.0 Å². The molecule has 2 aromatic rings. The van der Waals surface area contributed by atoms with E-state index >= 15 is 0 Å². The zero-order chi connectivity index (χ0) is 21.0. The smallest absolute Gasteiger partial charge is 0.337 e. The Balaban J connectivity index is 1.64. The molecule has 7 heteroatoms. The summed E-state index contributed by atoms with van der Waals surface area (Å²) in [5.74, 6) is -0.554. The molecule has 0 aliphatic carbocycles. The zero-order valence-corrected chi connectivity index (χ0v) is 17.7. The van der Waals surface area contributed by atoms with Crippen LogP contribution in [0.5, 0.6) is 0 Å². The van der Waals surface area contributed by atoms with Crippen LogP contribution in [0.2, 0.25) is 0 Å². The van der Waals surface area contributed by atoms with Crippen molar-refractivity contribution in [1.29, 1.82) is 0 Å². The quantitative estimate of drug-likeness (QED) is 0.716. The van der Waals surface area contributed by atoms with Gasteiger partial charge in [-0.3, -0.25) is 0 Å². The summed E-state index contributed by atoms with van der Waals surface area (Å²) in [6.45, 7) is 5.44. The average molecular weight is 417 g/mol. The van der Waals surface area contributed by atoms with Crippen molar-refractivity contribution in [2.24, 2.45) is 0 Å². The van der Waals surface area contributed by atoms with Crippen molar-refractivity contribution in [2.75, 3.05) is 18.0 Å². The molecule has 1 heterocycles. The summed E-state index contributed by atoms with van der Waals surface area (Å²) in [6.07, 6.45) is 2.25. The van der Waals surface area contributed by atoms with Gasteiger partial charge in [0.2, 0.25) is 10.0 Å². The molecular formula is C22H28N2O4S. The van der Waals surface area contributed by atoms with E-state index in [4.69, 9.17) is 0 Å². The van der Waals surface area contributed by atoms with E-state index in [-0.39, 0.29) is 16.5 Å². The molecule has 1 unspecified atom stereocenters. The highest BCUT2D eigenvalue weighted by Gasteiger charge is 2.26. The van der Waals surface area contributed by atoms with Crippen LogP contribution in [0.3, 0.4) is 0 Å². The maximum absolute atomic E-state index is 12.7. The molecule has 0 radical (unpaired) electrons. The van der Waals surface area contributed by atoms with Crippen molar-refractivity contribution in [1.82, 2.24) is 4.72 Å². The minimum Gasteiger partial charge on any atom is -0.478 e. The van der Waals surface area contributed by atoms with Crippen LogP contribution in [0.1, 0.15) is 54.9 Å². The van der Waals surface area contributed by atoms with Gasteiger partial charge in [-0.1, -0.05) is 38.1 Å². The molecule has 0 amide bonds. The Morgan fingerprint density at radius 3 is 2.34 bits per heavy atom. The molecule has 2 aromatic carbocycles. The Bertz CT molecular complexity index is 949. The predicted molar refractivity (Wildman–Crippen MR) is 114 cm³/mol. The number of carbonyl (C=O) groups is 1. The highest BCUT2D eigenvalue weighted by Crippen LogP contribution is 2.25. The van der Waals surface area contributed by atoms with E-state index in [9.17, 15) is 18.3 Å². The molecule has 156 valence electrons.